The maximum Gasteiger partial charge on any atom is 0.127 e. The van der Waals surface area contributed by atoms with E-state index in [0.717, 1.165) is 32.7 Å². The van der Waals surface area contributed by atoms with Gasteiger partial charge in [0.05, 0.1) is 13.0 Å². The van der Waals surface area contributed by atoms with Crippen LogP contribution in [-0.2, 0) is 12.5 Å². The van der Waals surface area contributed by atoms with E-state index in [0.29, 0.717) is 17.5 Å². The van der Waals surface area contributed by atoms with Gasteiger partial charge < -0.3 is 9.47 Å². The zero-order valence-corrected chi connectivity index (χ0v) is 14.8. The zero-order valence-electron chi connectivity index (χ0n) is 11.8. The van der Waals surface area contributed by atoms with Crippen LogP contribution in [0.4, 0.5) is 0 Å². The maximum absolute atomic E-state index is 6.03. The van der Waals surface area contributed by atoms with Crippen molar-refractivity contribution in [3.63, 3.8) is 0 Å². The molecule has 0 N–H and O–H groups in total. The largest absolute Gasteiger partial charge is 0.496 e. The molecule has 0 spiro atoms. The molecule has 2 aromatic rings. The summed E-state index contributed by atoms with van der Waals surface area (Å²) in [7, 11) is 1.63. The van der Waals surface area contributed by atoms with Gasteiger partial charge in [-0.05, 0) is 42.8 Å². The van der Waals surface area contributed by atoms with Crippen LogP contribution in [0.3, 0.4) is 0 Å². The lowest BCUT2D eigenvalue weighted by Crippen LogP contribution is -2.02. The zero-order chi connectivity index (χ0) is 15.4. The second-order valence-corrected chi connectivity index (χ2v) is 6.21. The SMILES string of the molecule is COc1ccc(Cl)cc1COc1c(C)cc(Br)cc1CCl. The fraction of sp³-hybridized carbons (Fsp3) is 0.250. The minimum absolute atomic E-state index is 0.371. The maximum atomic E-state index is 6.03. The predicted molar refractivity (Wildman–Crippen MR) is 90.8 cm³/mol. The highest BCUT2D eigenvalue weighted by Gasteiger charge is 2.11. The van der Waals surface area contributed by atoms with Crippen LogP contribution < -0.4 is 9.47 Å². The minimum atomic E-state index is 0.371. The molecule has 0 radical (unpaired) electrons. The lowest BCUT2D eigenvalue weighted by Gasteiger charge is -2.15. The Morgan fingerprint density at radius 3 is 2.57 bits per heavy atom. The molecule has 5 heteroatoms. The van der Waals surface area contributed by atoms with Crippen LogP contribution in [0.2, 0.25) is 5.02 Å². The van der Waals surface area contributed by atoms with Crippen molar-refractivity contribution in [3.05, 3.63) is 56.5 Å². The van der Waals surface area contributed by atoms with Crippen LogP contribution in [-0.4, -0.2) is 7.11 Å². The molecule has 112 valence electrons. The van der Waals surface area contributed by atoms with Crippen LogP contribution in [0, 0.1) is 6.92 Å². The highest BCUT2D eigenvalue weighted by atomic mass is 79.9. The molecule has 0 aliphatic carbocycles. The number of alkyl halides is 1. The van der Waals surface area contributed by atoms with Crippen molar-refractivity contribution in [2.24, 2.45) is 0 Å². The van der Waals surface area contributed by atoms with E-state index in [1.165, 1.54) is 0 Å². The molecule has 0 atom stereocenters. The summed E-state index contributed by atoms with van der Waals surface area (Å²) in [6, 6.07) is 9.43. The fourth-order valence-electron chi connectivity index (χ4n) is 2.11. The molecule has 0 aromatic heterocycles. The molecule has 0 saturated carbocycles. The Morgan fingerprint density at radius 1 is 1.14 bits per heavy atom. The Labute approximate surface area is 143 Å². The van der Waals surface area contributed by atoms with Gasteiger partial charge in [0.15, 0.2) is 0 Å². The Bertz CT molecular complexity index is 644. The summed E-state index contributed by atoms with van der Waals surface area (Å²) in [5.74, 6) is 1.94. The van der Waals surface area contributed by atoms with Crippen molar-refractivity contribution in [2.75, 3.05) is 7.11 Å². The van der Waals surface area contributed by atoms with Gasteiger partial charge in [0.2, 0.25) is 0 Å². The Morgan fingerprint density at radius 2 is 1.90 bits per heavy atom. The number of hydrogen-bond donors (Lipinski definition) is 0. The molecule has 0 unspecified atom stereocenters. The monoisotopic (exact) mass is 388 g/mol. The first-order chi connectivity index (χ1) is 10.0. The van der Waals surface area contributed by atoms with Gasteiger partial charge in [-0.25, -0.2) is 0 Å². The van der Waals surface area contributed by atoms with Crippen LogP contribution >= 0.6 is 39.1 Å². The highest BCUT2D eigenvalue weighted by Crippen LogP contribution is 2.31. The summed E-state index contributed by atoms with van der Waals surface area (Å²) in [4.78, 5) is 0. The van der Waals surface area contributed by atoms with Crippen molar-refractivity contribution in [3.8, 4) is 11.5 Å². The molecular weight excluding hydrogens is 375 g/mol. The van der Waals surface area contributed by atoms with E-state index in [4.69, 9.17) is 32.7 Å². The summed E-state index contributed by atoms with van der Waals surface area (Å²) < 4.78 is 12.3. The van der Waals surface area contributed by atoms with Gasteiger partial charge in [0, 0.05) is 20.6 Å². The van der Waals surface area contributed by atoms with Gasteiger partial charge in [-0.1, -0.05) is 27.5 Å². The van der Waals surface area contributed by atoms with E-state index in [1.54, 1.807) is 13.2 Å². The topological polar surface area (TPSA) is 18.5 Å². The molecule has 2 nitrogen and oxygen atoms in total. The third-order valence-corrected chi connectivity index (χ3v) is 4.06. The van der Waals surface area contributed by atoms with Gasteiger partial charge in [0.25, 0.3) is 0 Å². The quantitative estimate of drug-likeness (QED) is 0.607. The van der Waals surface area contributed by atoms with Crippen molar-refractivity contribution in [1.29, 1.82) is 0 Å². The molecule has 0 bridgehead atoms. The molecule has 2 aromatic carbocycles. The number of halogens is 3. The Balaban J connectivity index is 2.26. The van der Waals surface area contributed by atoms with E-state index in [1.807, 2.05) is 31.2 Å². The van der Waals surface area contributed by atoms with Crippen LogP contribution in [0.15, 0.2) is 34.8 Å². The van der Waals surface area contributed by atoms with E-state index >= 15 is 0 Å². The standard InChI is InChI=1S/C16H15BrCl2O2/c1-10-5-13(17)6-11(8-18)16(10)21-9-12-7-14(19)3-4-15(12)20-2/h3-7H,8-9H2,1-2H3. The fourth-order valence-corrected chi connectivity index (χ4v) is 3.13. The summed E-state index contributed by atoms with van der Waals surface area (Å²) in [6.45, 7) is 2.36. The average Bonchev–Trinajstić information content (AvgIpc) is 2.45. The van der Waals surface area contributed by atoms with Gasteiger partial charge in [-0.15, -0.1) is 11.6 Å². The van der Waals surface area contributed by atoms with Crippen LogP contribution in [0.5, 0.6) is 11.5 Å². The number of methoxy groups -OCH3 is 1. The summed E-state index contributed by atoms with van der Waals surface area (Å²) >= 11 is 15.5. The summed E-state index contributed by atoms with van der Waals surface area (Å²) in [6.07, 6.45) is 0. The molecule has 0 aliphatic rings. The average molecular weight is 390 g/mol. The molecule has 0 fully saturated rings. The number of aryl methyl sites for hydroxylation is 1. The molecular formula is C16H15BrCl2O2. The molecule has 2 rings (SSSR count). The van der Waals surface area contributed by atoms with Gasteiger partial charge in [0.1, 0.15) is 18.1 Å². The van der Waals surface area contributed by atoms with Gasteiger partial charge in [-0.3, -0.25) is 0 Å². The third-order valence-electron chi connectivity index (χ3n) is 3.07. The van der Waals surface area contributed by atoms with E-state index in [2.05, 4.69) is 15.9 Å². The van der Waals surface area contributed by atoms with Crippen LogP contribution in [0.1, 0.15) is 16.7 Å². The lowest BCUT2D eigenvalue weighted by atomic mass is 10.1. The number of benzene rings is 2. The van der Waals surface area contributed by atoms with Crippen molar-refractivity contribution in [1.82, 2.24) is 0 Å². The smallest absolute Gasteiger partial charge is 0.127 e. The molecule has 0 amide bonds. The predicted octanol–water partition coefficient (Wildman–Crippen LogP) is 5.74. The molecule has 0 aliphatic heterocycles. The van der Waals surface area contributed by atoms with Gasteiger partial charge >= 0.3 is 0 Å². The third kappa shape index (κ3) is 4.06. The number of hydrogen-bond acceptors (Lipinski definition) is 2. The van der Waals surface area contributed by atoms with Gasteiger partial charge in [-0.2, -0.15) is 0 Å². The highest BCUT2D eigenvalue weighted by molar-refractivity contribution is 9.10. The number of rotatable bonds is 5. The first-order valence-electron chi connectivity index (χ1n) is 6.35. The molecule has 0 saturated heterocycles. The second kappa shape index (κ2) is 7.39. The van der Waals surface area contributed by atoms with E-state index < -0.39 is 0 Å². The molecule has 21 heavy (non-hydrogen) atoms. The first kappa shape index (κ1) is 16.5. The Kier molecular flexibility index (Phi) is 5.80. The van der Waals surface area contributed by atoms with Crippen molar-refractivity contribution in [2.45, 2.75) is 19.4 Å². The first-order valence-corrected chi connectivity index (χ1v) is 8.06. The van der Waals surface area contributed by atoms with E-state index in [-0.39, 0.29) is 0 Å². The normalized spacial score (nSPS) is 10.5. The minimum Gasteiger partial charge on any atom is -0.496 e. The van der Waals surface area contributed by atoms with Crippen molar-refractivity contribution < 1.29 is 9.47 Å². The lowest BCUT2D eigenvalue weighted by molar-refractivity contribution is 0.292. The number of ether oxygens (including phenoxy) is 2. The van der Waals surface area contributed by atoms with Crippen LogP contribution in [0.25, 0.3) is 0 Å². The second-order valence-electron chi connectivity index (χ2n) is 4.59. The summed E-state index contributed by atoms with van der Waals surface area (Å²) in [5, 5.41) is 0.652. The Hall–Kier alpha value is -0.900. The van der Waals surface area contributed by atoms with Crippen molar-refractivity contribution >= 4 is 39.1 Å². The van der Waals surface area contributed by atoms with E-state index in [9.17, 15) is 0 Å². The molecule has 0 heterocycles. The summed E-state index contributed by atoms with van der Waals surface area (Å²) in [5.41, 5.74) is 2.87.